The number of halogens is 1. The highest BCUT2D eigenvalue weighted by atomic mass is 19.1. The molecule has 0 spiro atoms. The molecule has 0 aliphatic carbocycles. The van der Waals surface area contributed by atoms with Crippen LogP contribution in [-0.4, -0.2) is 18.6 Å². The first kappa shape index (κ1) is 22.1. The van der Waals surface area contributed by atoms with Crippen LogP contribution in [0, 0.1) is 5.82 Å². The van der Waals surface area contributed by atoms with Gasteiger partial charge in [-0.1, -0.05) is 54.6 Å². The van der Waals surface area contributed by atoms with Crippen molar-refractivity contribution in [2.45, 2.75) is 19.6 Å². The summed E-state index contributed by atoms with van der Waals surface area (Å²) in [4.78, 5) is 25.5. The topological polar surface area (TPSA) is 76.7 Å². The van der Waals surface area contributed by atoms with Crippen LogP contribution in [0.3, 0.4) is 0 Å². The van der Waals surface area contributed by atoms with Gasteiger partial charge in [-0.25, -0.2) is 14.0 Å². The van der Waals surface area contributed by atoms with Gasteiger partial charge in [-0.05, 0) is 47.9 Å². The zero-order chi connectivity index (χ0) is 23.2. The summed E-state index contributed by atoms with van der Waals surface area (Å²) < 4.78 is 24.3. The summed E-state index contributed by atoms with van der Waals surface area (Å²) in [5.74, 6) is -0.282. The van der Waals surface area contributed by atoms with E-state index in [1.165, 1.54) is 12.1 Å². The summed E-state index contributed by atoms with van der Waals surface area (Å²) in [5.41, 5.74) is 2.89. The standard InChI is InChI=1S/C26H23FN2O4/c1-2-32-25(30)22-23(18-7-4-3-5-8-18)28-26(31)29-24(22)19-9-6-10-21(15-19)33-16-17-11-13-20(27)14-12-17/h3-15,24H,2,16H2,1H3,(H2,28,29,31). The zero-order valence-corrected chi connectivity index (χ0v) is 18.0. The molecule has 7 heteroatoms. The van der Waals surface area contributed by atoms with Crippen molar-refractivity contribution in [1.29, 1.82) is 0 Å². The smallest absolute Gasteiger partial charge is 0.338 e. The fourth-order valence-corrected chi connectivity index (χ4v) is 3.61. The number of hydrogen-bond donors (Lipinski definition) is 2. The number of ether oxygens (including phenoxy) is 2. The lowest BCUT2D eigenvalue weighted by Crippen LogP contribution is -2.45. The number of esters is 1. The van der Waals surface area contributed by atoms with Gasteiger partial charge in [0.15, 0.2) is 0 Å². The Bertz CT molecular complexity index is 1180. The van der Waals surface area contributed by atoms with Crippen LogP contribution in [0.15, 0.2) is 84.4 Å². The number of urea groups is 1. The molecule has 0 fully saturated rings. The molecule has 3 aromatic carbocycles. The third kappa shape index (κ3) is 5.20. The first-order valence-electron chi connectivity index (χ1n) is 10.6. The maximum absolute atomic E-state index is 13.1. The van der Waals surface area contributed by atoms with Crippen molar-refractivity contribution in [2.75, 3.05) is 6.61 Å². The number of amides is 2. The normalized spacial score (nSPS) is 15.5. The molecule has 0 saturated heterocycles. The molecular weight excluding hydrogens is 423 g/mol. The second-order valence-electron chi connectivity index (χ2n) is 7.39. The second-order valence-corrected chi connectivity index (χ2v) is 7.39. The van der Waals surface area contributed by atoms with E-state index < -0.39 is 18.0 Å². The van der Waals surface area contributed by atoms with Gasteiger partial charge >= 0.3 is 12.0 Å². The number of nitrogens with one attached hydrogen (secondary N) is 2. The molecule has 0 aromatic heterocycles. The largest absolute Gasteiger partial charge is 0.489 e. The van der Waals surface area contributed by atoms with E-state index in [1.54, 1.807) is 37.3 Å². The van der Waals surface area contributed by atoms with Crippen molar-refractivity contribution in [3.05, 3.63) is 107 Å². The lowest BCUT2D eigenvalue weighted by Gasteiger charge is -2.29. The van der Waals surface area contributed by atoms with Gasteiger partial charge in [0, 0.05) is 0 Å². The van der Waals surface area contributed by atoms with Gasteiger partial charge in [0.2, 0.25) is 0 Å². The molecule has 0 radical (unpaired) electrons. The Kier molecular flexibility index (Phi) is 6.69. The minimum Gasteiger partial charge on any atom is -0.489 e. The zero-order valence-electron chi connectivity index (χ0n) is 18.0. The Balaban J connectivity index is 1.68. The highest BCUT2D eigenvalue weighted by Crippen LogP contribution is 2.33. The number of hydrogen-bond acceptors (Lipinski definition) is 4. The quantitative estimate of drug-likeness (QED) is 0.515. The molecule has 1 aliphatic heterocycles. The second kappa shape index (κ2) is 9.99. The van der Waals surface area contributed by atoms with Crippen LogP contribution in [0.1, 0.15) is 29.7 Å². The van der Waals surface area contributed by atoms with Crippen molar-refractivity contribution in [2.24, 2.45) is 0 Å². The van der Waals surface area contributed by atoms with E-state index in [1.807, 2.05) is 36.4 Å². The summed E-state index contributed by atoms with van der Waals surface area (Å²) in [5, 5.41) is 5.58. The SMILES string of the molecule is CCOC(=O)C1=C(c2ccccc2)NC(=O)NC1c1cccc(OCc2ccc(F)cc2)c1. The van der Waals surface area contributed by atoms with Crippen molar-refractivity contribution < 1.29 is 23.5 Å². The maximum atomic E-state index is 13.1. The number of rotatable bonds is 7. The van der Waals surface area contributed by atoms with E-state index in [9.17, 15) is 14.0 Å². The fourth-order valence-electron chi connectivity index (χ4n) is 3.61. The van der Waals surface area contributed by atoms with Gasteiger partial charge in [-0.3, -0.25) is 0 Å². The number of benzene rings is 3. The van der Waals surface area contributed by atoms with E-state index in [0.717, 1.165) is 5.56 Å². The van der Waals surface area contributed by atoms with Gasteiger partial charge in [-0.15, -0.1) is 0 Å². The predicted molar refractivity (Wildman–Crippen MR) is 122 cm³/mol. The predicted octanol–water partition coefficient (Wildman–Crippen LogP) is 4.73. The van der Waals surface area contributed by atoms with Gasteiger partial charge in [0.1, 0.15) is 18.2 Å². The third-order valence-corrected chi connectivity index (χ3v) is 5.14. The Hall–Kier alpha value is -4.13. The van der Waals surface area contributed by atoms with Crippen LogP contribution >= 0.6 is 0 Å². The molecule has 168 valence electrons. The molecule has 1 atom stereocenters. The lowest BCUT2D eigenvalue weighted by molar-refractivity contribution is -0.138. The molecule has 0 bridgehead atoms. The van der Waals surface area contributed by atoms with Crippen molar-refractivity contribution in [3.63, 3.8) is 0 Å². The molecule has 2 amide bonds. The van der Waals surface area contributed by atoms with Crippen LogP contribution in [0.2, 0.25) is 0 Å². The van der Waals surface area contributed by atoms with Crippen LogP contribution in [0.25, 0.3) is 5.70 Å². The maximum Gasteiger partial charge on any atom is 0.338 e. The summed E-state index contributed by atoms with van der Waals surface area (Å²) >= 11 is 0. The van der Waals surface area contributed by atoms with Gasteiger partial charge in [-0.2, -0.15) is 0 Å². The minimum atomic E-state index is -0.734. The van der Waals surface area contributed by atoms with Gasteiger partial charge in [0.25, 0.3) is 0 Å². The van der Waals surface area contributed by atoms with E-state index in [-0.39, 0.29) is 19.0 Å². The highest BCUT2D eigenvalue weighted by molar-refractivity contribution is 6.04. The average molecular weight is 446 g/mol. The van der Waals surface area contributed by atoms with Crippen LogP contribution < -0.4 is 15.4 Å². The molecule has 0 saturated carbocycles. The Morgan fingerprint density at radius 2 is 1.76 bits per heavy atom. The van der Waals surface area contributed by atoms with E-state index in [2.05, 4.69) is 10.6 Å². The average Bonchev–Trinajstić information content (AvgIpc) is 2.84. The Morgan fingerprint density at radius 1 is 1.00 bits per heavy atom. The molecular formula is C26H23FN2O4. The molecule has 3 aromatic rings. The van der Waals surface area contributed by atoms with E-state index >= 15 is 0 Å². The number of carbonyl (C=O) groups excluding carboxylic acids is 2. The summed E-state index contributed by atoms with van der Waals surface area (Å²) in [6.07, 6.45) is 0. The van der Waals surface area contributed by atoms with E-state index in [4.69, 9.17) is 9.47 Å². The monoisotopic (exact) mass is 446 g/mol. The highest BCUT2D eigenvalue weighted by Gasteiger charge is 2.34. The summed E-state index contributed by atoms with van der Waals surface area (Å²) in [6.45, 7) is 2.18. The van der Waals surface area contributed by atoms with Crippen molar-refractivity contribution in [1.82, 2.24) is 10.6 Å². The minimum absolute atomic E-state index is 0.200. The van der Waals surface area contributed by atoms with Crippen molar-refractivity contribution >= 4 is 17.7 Å². The number of carbonyl (C=O) groups is 2. The molecule has 1 unspecified atom stereocenters. The Labute approximate surface area is 191 Å². The van der Waals surface area contributed by atoms with Crippen LogP contribution in [0.4, 0.5) is 9.18 Å². The van der Waals surface area contributed by atoms with Crippen LogP contribution in [-0.2, 0) is 16.1 Å². The summed E-state index contributed by atoms with van der Waals surface area (Å²) in [7, 11) is 0. The molecule has 1 heterocycles. The summed E-state index contributed by atoms with van der Waals surface area (Å²) in [6, 6.07) is 21.2. The Morgan fingerprint density at radius 3 is 2.48 bits per heavy atom. The van der Waals surface area contributed by atoms with Crippen molar-refractivity contribution in [3.8, 4) is 5.75 Å². The molecule has 2 N–H and O–H groups in total. The molecule has 33 heavy (non-hydrogen) atoms. The first-order valence-corrected chi connectivity index (χ1v) is 10.6. The van der Waals surface area contributed by atoms with Gasteiger partial charge < -0.3 is 20.1 Å². The fraction of sp³-hybridized carbons (Fsp3) is 0.154. The molecule has 1 aliphatic rings. The lowest BCUT2D eigenvalue weighted by atomic mass is 9.92. The van der Waals surface area contributed by atoms with E-state index in [0.29, 0.717) is 28.1 Å². The first-order chi connectivity index (χ1) is 16.0. The van der Waals surface area contributed by atoms with Gasteiger partial charge in [0.05, 0.1) is 23.9 Å². The molecule has 4 rings (SSSR count). The van der Waals surface area contributed by atoms with Crippen LogP contribution in [0.5, 0.6) is 5.75 Å². The molecule has 6 nitrogen and oxygen atoms in total. The third-order valence-electron chi connectivity index (χ3n) is 5.14.